The molecule has 0 amide bonds. The monoisotopic (exact) mass is 261 g/mol. The zero-order valence-electron chi connectivity index (χ0n) is 10.8. The number of nitrogens with zero attached hydrogens (tertiary/aromatic N) is 1. The van der Waals surface area contributed by atoms with Crippen molar-refractivity contribution in [3.63, 3.8) is 0 Å². The number of benzene rings is 1. The summed E-state index contributed by atoms with van der Waals surface area (Å²) in [5, 5.41) is 0.714. The van der Waals surface area contributed by atoms with Crippen molar-refractivity contribution >= 4 is 28.8 Å². The van der Waals surface area contributed by atoms with Gasteiger partial charge in [-0.2, -0.15) is 0 Å². The minimum atomic E-state index is -0.173. The van der Waals surface area contributed by atoms with Crippen LogP contribution in [0.25, 0.3) is 0 Å². The van der Waals surface area contributed by atoms with Crippen LogP contribution in [0.5, 0.6) is 0 Å². The smallest absolute Gasteiger partial charge is 0.174 e. The van der Waals surface area contributed by atoms with E-state index in [1.807, 2.05) is 45.0 Å². The topological polar surface area (TPSA) is 29.4 Å². The zero-order valence-corrected chi connectivity index (χ0v) is 11.6. The quantitative estimate of drug-likeness (QED) is 0.774. The van der Waals surface area contributed by atoms with Crippen molar-refractivity contribution in [1.82, 2.24) is 0 Å². The van der Waals surface area contributed by atoms with E-state index in [0.717, 1.165) is 22.5 Å². The largest absolute Gasteiger partial charge is 0.293 e. The van der Waals surface area contributed by atoms with E-state index in [9.17, 15) is 4.79 Å². The fourth-order valence-electron chi connectivity index (χ4n) is 2.15. The molecule has 1 aromatic rings. The number of hydrogen-bond donors (Lipinski definition) is 0. The van der Waals surface area contributed by atoms with Gasteiger partial charge in [-0.05, 0) is 39.3 Å². The van der Waals surface area contributed by atoms with Gasteiger partial charge >= 0.3 is 0 Å². The van der Waals surface area contributed by atoms with Gasteiger partial charge in [-0.1, -0.05) is 29.3 Å². The number of Topliss-reactive ketones (excluding diaryl/α,β-unsaturated/α-hetero) is 1. The van der Waals surface area contributed by atoms with Crippen LogP contribution in [0.15, 0.2) is 34.3 Å². The van der Waals surface area contributed by atoms with Gasteiger partial charge in [0.25, 0.3) is 0 Å². The average molecular weight is 262 g/mol. The van der Waals surface area contributed by atoms with E-state index in [1.165, 1.54) is 0 Å². The molecular formula is C15H16ClNO. The zero-order chi connectivity index (χ0) is 13.3. The second-order valence-electron chi connectivity index (χ2n) is 4.72. The molecule has 1 aliphatic rings. The second kappa shape index (κ2) is 5.07. The van der Waals surface area contributed by atoms with E-state index < -0.39 is 0 Å². The van der Waals surface area contributed by atoms with Crippen molar-refractivity contribution in [2.75, 3.05) is 0 Å². The molecule has 0 saturated carbocycles. The molecule has 0 fully saturated rings. The lowest BCUT2D eigenvalue weighted by Crippen LogP contribution is -2.25. The first-order chi connectivity index (χ1) is 8.49. The summed E-state index contributed by atoms with van der Waals surface area (Å²) < 4.78 is 0. The van der Waals surface area contributed by atoms with Crippen LogP contribution in [-0.4, -0.2) is 11.5 Å². The van der Waals surface area contributed by atoms with Gasteiger partial charge in [0.05, 0.1) is 11.6 Å². The Morgan fingerprint density at radius 2 is 2.17 bits per heavy atom. The molecule has 18 heavy (non-hydrogen) atoms. The highest BCUT2D eigenvalue weighted by atomic mass is 35.5. The van der Waals surface area contributed by atoms with E-state index in [-0.39, 0.29) is 11.7 Å². The lowest BCUT2D eigenvalue weighted by Gasteiger charge is -2.21. The van der Waals surface area contributed by atoms with Crippen molar-refractivity contribution < 1.29 is 4.79 Å². The van der Waals surface area contributed by atoms with Gasteiger partial charge in [0.15, 0.2) is 5.78 Å². The standard InChI is InChI=1S/C15H16ClNO/c1-9-4-7-14-13(8-9)15(18)12(11(3)17-14)6-5-10(2)16/h4-5,7-8,12H,6H2,1-3H3/b10-5-. The second-order valence-corrected chi connectivity index (χ2v) is 5.31. The van der Waals surface area contributed by atoms with E-state index in [1.54, 1.807) is 0 Å². The normalized spacial score (nSPS) is 19.6. The third-order valence-electron chi connectivity index (χ3n) is 3.17. The number of rotatable bonds is 2. The predicted molar refractivity (Wildman–Crippen MR) is 76.0 cm³/mol. The van der Waals surface area contributed by atoms with Crippen LogP contribution in [-0.2, 0) is 0 Å². The highest BCUT2D eigenvalue weighted by Gasteiger charge is 2.28. The molecule has 1 aliphatic heterocycles. The summed E-state index contributed by atoms with van der Waals surface area (Å²) in [6.45, 7) is 5.71. The van der Waals surface area contributed by atoms with Crippen LogP contribution in [0.4, 0.5) is 5.69 Å². The van der Waals surface area contributed by atoms with E-state index in [2.05, 4.69) is 4.99 Å². The van der Waals surface area contributed by atoms with Gasteiger partial charge in [-0.15, -0.1) is 0 Å². The number of halogens is 1. The first-order valence-corrected chi connectivity index (χ1v) is 6.39. The fourth-order valence-corrected chi connectivity index (χ4v) is 2.24. The molecule has 0 aliphatic carbocycles. The molecule has 3 heteroatoms. The Labute approximate surface area is 112 Å². The van der Waals surface area contributed by atoms with Crippen molar-refractivity contribution in [2.24, 2.45) is 10.9 Å². The van der Waals surface area contributed by atoms with E-state index >= 15 is 0 Å². The summed E-state index contributed by atoms with van der Waals surface area (Å²) in [5.74, 6) is -0.0247. The molecule has 0 radical (unpaired) electrons. The van der Waals surface area contributed by atoms with Gasteiger partial charge in [-0.3, -0.25) is 9.79 Å². The fraction of sp³-hybridized carbons (Fsp3) is 0.333. The van der Waals surface area contributed by atoms with Crippen LogP contribution in [0, 0.1) is 12.8 Å². The number of allylic oxidation sites excluding steroid dienone is 2. The molecule has 0 saturated heterocycles. The molecule has 2 nitrogen and oxygen atoms in total. The number of hydrogen-bond acceptors (Lipinski definition) is 2. The molecule has 1 heterocycles. The summed E-state index contributed by atoms with van der Waals surface area (Å²) in [7, 11) is 0. The van der Waals surface area contributed by atoms with Crippen LogP contribution in [0.3, 0.4) is 0 Å². The van der Waals surface area contributed by atoms with E-state index in [4.69, 9.17) is 11.6 Å². The molecule has 0 N–H and O–H groups in total. The van der Waals surface area contributed by atoms with Crippen molar-refractivity contribution in [2.45, 2.75) is 27.2 Å². The molecule has 0 spiro atoms. The number of aliphatic imine (C=N–C) groups is 1. The Balaban J connectivity index is 2.39. The number of carbonyl (C=O) groups excluding carboxylic acids is 1. The number of fused-ring (bicyclic) bond motifs is 1. The Hall–Kier alpha value is -1.41. The Morgan fingerprint density at radius 3 is 2.83 bits per heavy atom. The van der Waals surface area contributed by atoms with Crippen LogP contribution in [0.2, 0.25) is 0 Å². The first kappa shape index (κ1) is 13.0. The van der Waals surface area contributed by atoms with Crippen molar-refractivity contribution in [1.29, 1.82) is 0 Å². The molecule has 1 aromatic carbocycles. The third kappa shape index (κ3) is 2.54. The maximum atomic E-state index is 12.4. The van der Waals surface area contributed by atoms with Crippen molar-refractivity contribution in [3.05, 3.63) is 40.4 Å². The van der Waals surface area contributed by atoms with Crippen LogP contribution in [0.1, 0.15) is 36.2 Å². The molecule has 1 unspecified atom stereocenters. The van der Waals surface area contributed by atoms with Gasteiger partial charge in [0.2, 0.25) is 0 Å². The first-order valence-electron chi connectivity index (χ1n) is 6.01. The number of aryl methyl sites for hydroxylation is 1. The summed E-state index contributed by atoms with van der Waals surface area (Å²) in [6, 6.07) is 5.80. The Morgan fingerprint density at radius 1 is 1.44 bits per heavy atom. The molecule has 1 atom stereocenters. The number of ketones is 1. The Bertz CT molecular complexity index is 554. The summed E-state index contributed by atoms with van der Waals surface area (Å²) in [5.41, 5.74) is 3.46. The average Bonchev–Trinajstić information content (AvgIpc) is 2.30. The summed E-state index contributed by atoms with van der Waals surface area (Å²) >= 11 is 5.83. The maximum absolute atomic E-state index is 12.4. The lowest BCUT2D eigenvalue weighted by molar-refractivity contribution is 0.0953. The Kier molecular flexibility index (Phi) is 3.67. The lowest BCUT2D eigenvalue weighted by atomic mass is 9.87. The highest BCUT2D eigenvalue weighted by Crippen LogP contribution is 2.31. The molecule has 0 bridgehead atoms. The minimum absolute atomic E-state index is 0.148. The minimum Gasteiger partial charge on any atom is -0.293 e. The van der Waals surface area contributed by atoms with E-state index in [0.29, 0.717) is 11.5 Å². The summed E-state index contributed by atoms with van der Waals surface area (Å²) in [4.78, 5) is 17.0. The summed E-state index contributed by atoms with van der Waals surface area (Å²) in [6.07, 6.45) is 2.50. The maximum Gasteiger partial charge on any atom is 0.174 e. The third-order valence-corrected chi connectivity index (χ3v) is 3.32. The van der Waals surface area contributed by atoms with Crippen LogP contribution >= 0.6 is 11.6 Å². The molecule has 2 rings (SSSR count). The molecule has 94 valence electrons. The van der Waals surface area contributed by atoms with Crippen LogP contribution < -0.4 is 0 Å². The van der Waals surface area contributed by atoms with Gasteiger partial charge in [0, 0.05) is 16.3 Å². The van der Waals surface area contributed by atoms with Gasteiger partial charge in [0.1, 0.15) is 0 Å². The highest BCUT2D eigenvalue weighted by molar-refractivity contribution is 6.29. The van der Waals surface area contributed by atoms with Crippen molar-refractivity contribution in [3.8, 4) is 0 Å². The predicted octanol–water partition coefficient (Wildman–Crippen LogP) is 4.43. The molecule has 0 aromatic heterocycles. The van der Waals surface area contributed by atoms with Gasteiger partial charge in [-0.25, -0.2) is 0 Å². The molecular weight excluding hydrogens is 246 g/mol. The SMILES string of the molecule is CC1=Nc2ccc(C)cc2C(=O)C1C/C=C(/C)Cl. The van der Waals surface area contributed by atoms with Gasteiger partial charge < -0.3 is 0 Å². The number of carbonyl (C=O) groups is 1.